The highest BCUT2D eigenvalue weighted by molar-refractivity contribution is 5.81. The lowest BCUT2D eigenvalue weighted by Crippen LogP contribution is -2.58. The molecule has 0 aromatic heterocycles. The largest absolute Gasteiger partial charge is 0.494 e. The van der Waals surface area contributed by atoms with Gasteiger partial charge in [0.15, 0.2) is 11.6 Å². The van der Waals surface area contributed by atoms with E-state index in [4.69, 9.17) is 4.74 Å². The molecular formula is C22H35FN4O2. The van der Waals surface area contributed by atoms with Crippen LogP contribution in [0.1, 0.15) is 25.3 Å². The minimum Gasteiger partial charge on any atom is -0.494 e. The molecule has 1 amide bonds. The first kappa shape index (κ1) is 22.0. The fraction of sp³-hybridized carbons (Fsp3) is 0.682. The van der Waals surface area contributed by atoms with Gasteiger partial charge in [0.1, 0.15) is 0 Å². The summed E-state index contributed by atoms with van der Waals surface area (Å²) >= 11 is 0. The zero-order valence-corrected chi connectivity index (χ0v) is 18.2. The van der Waals surface area contributed by atoms with Crippen LogP contribution >= 0.6 is 0 Å². The molecule has 29 heavy (non-hydrogen) atoms. The first-order valence-electron chi connectivity index (χ1n) is 10.6. The standard InChI is InChI=1S/C22H35FN4O2/c1-17(22(28)25(3)15-18-7-8-21(29-4)20(23)14-18)26-10-12-27(13-11-26)19-6-5-9-24(2)16-19/h7-8,14,17,19H,5-6,9-13,15-16H2,1-4H3. The summed E-state index contributed by atoms with van der Waals surface area (Å²) in [6.45, 7) is 8.58. The van der Waals surface area contributed by atoms with Crippen LogP contribution in [0.15, 0.2) is 18.2 Å². The molecule has 2 unspecified atom stereocenters. The van der Waals surface area contributed by atoms with Gasteiger partial charge >= 0.3 is 0 Å². The van der Waals surface area contributed by atoms with Gasteiger partial charge in [0.25, 0.3) is 0 Å². The molecule has 2 fully saturated rings. The number of likely N-dealkylation sites (N-methyl/N-ethyl adjacent to an activating group) is 2. The number of halogens is 1. The van der Waals surface area contributed by atoms with Gasteiger partial charge in [-0.05, 0) is 51.1 Å². The van der Waals surface area contributed by atoms with Crippen molar-refractivity contribution < 1.29 is 13.9 Å². The number of methoxy groups -OCH3 is 1. The van der Waals surface area contributed by atoms with Crippen LogP contribution in [0.25, 0.3) is 0 Å². The van der Waals surface area contributed by atoms with Crippen molar-refractivity contribution in [2.45, 2.75) is 38.4 Å². The molecular weight excluding hydrogens is 371 g/mol. The SMILES string of the molecule is COc1ccc(CN(C)C(=O)C(C)N2CCN(C3CCCN(C)C3)CC2)cc1F. The zero-order valence-electron chi connectivity index (χ0n) is 18.2. The number of hydrogen-bond acceptors (Lipinski definition) is 5. The van der Waals surface area contributed by atoms with Crippen molar-refractivity contribution in [2.75, 3.05) is 60.5 Å². The van der Waals surface area contributed by atoms with E-state index in [2.05, 4.69) is 21.7 Å². The Balaban J connectivity index is 1.50. The first-order valence-corrected chi connectivity index (χ1v) is 10.6. The van der Waals surface area contributed by atoms with Gasteiger partial charge in [-0.1, -0.05) is 6.07 Å². The Hall–Kier alpha value is -1.70. The number of ether oxygens (including phenoxy) is 1. The molecule has 0 N–H and O–H groups in total. The summed E-state index contributed by atoms with van der Waals surface area (Å²) in [7, 11) is 5.43. The lowest BCUT2D eigenvalue weighted by atomic mass is 10.0. The third kappa shape index (κ3) is 5.47. The second-order valence-electron chi connectivity index (χ2n) is 8.47. The lowest BCUT2D eigenvalue weighted by Gasteiger charge is -2.44. The third-order valence-electron chi connectivity index (χ3n) is 6.38. The molecule has 0 bridgehead atoms. The van der Waals surface area contributed by atoms with Gasteiger partial charge < -0.3 is 14.5 Å². The Morgan fingerprint density at radius 1 is 1.28 bits per heavy atom. The number of amides is 1. The predicted octanol–water partition coefficient (Wildman–Crippen LogP) is 1.89. The van der Waals surface area contributed by atoms with Crippen molar-refractivity contribution in [1.82, 2.24) is 19.6 Å². The molecule has 7 heteroatoms. The van der Waals surface area contributed by atoms with Gasteiger partial charge in [-0.15, -0.1) is 0 Å². The number of carbonyl (C=O) groups is 1. The number of benzene rings is 1. The Labute approximate surface area is 174 Å². The van der Waals surface area contributed by atoms with Crippen molar-refractivity contribution in [3.8, 4) is 5.75 Å². The maximum absolute atomic E-state index is 13.9. The summed E-state index contributed by atoms with van der Waals surface area (Å²) in [6.07, 6.45) is 2.55. The minimum atomic E-state index is -0.400. The van der Waals surface area contributed by atoms with E-state index in [-0.39, 0.29) is 17.7 Å². The summed E-state index contributed by atoms with van der Waals surface area (Å²) in [5, 5.41) is 0. The average molecular weight is 407 g/mol. The van der Waals surface area contributed by atoms with Crippen LogP contribution in [0.2, 0.25) is 0 Å². The Morgan fingerprint density at radius 2 is 2.00 bits per heavy atom. The molecule has 2 aliphatic rings. The van der Waals surface area contributed by atoms with Crippen LogP contribution in [0, 0.1) is 5.82 Å². The van der Waals surface area contributed by atoms with E-state index in [1.54, 1.807) is 24.1 Å². The van der Waals surface area contributed by atoms with Crippen LogP contribution < -0.4 is 4.74 Å². The number of rotatable bonds is 6. The van der Waals surface area contributed by atoms with E-state index in [1.165, 1.54) is 32.6 Å². The average Bonchev–Trinajstić information content (AvgIpc) is 2.73. The predicted molar refractivity (Wildman–Crippen MR) is 113 cm³/mol. The van der Waals surface area contributed by atoms with E-state index < -0.39 is 5.82 Å². The maximum Gasteiger partial charge on any atom is 0.239 e. The van der Waals surface area contributed by atoms with Crippen molar-refractivity contribution in [3.05, 3.63) is 29.6 Å². The van der Waals surface area contributed by atoms with Crippen molar-refractivity contribution in [1.29, 1.82) is 0 Å². The second-order valence-corrected chi connectivity index (χ2v) is 8.47. The van der Waals surface area contributed by atoms with Gasteiger partial charge in [0, 0.05) is 52.4 Å². The number of piperidine rings is 1. The summed E-state index contributed by atoms with van der Waals surface area (Å²) in [4.78, 5) is 21.9. The first-order chi connectivity index (χ1) is 13.9. The summed E-state index contributed by atoms with van der Waals surface area (Å²) in [5.41, 5.74) is 0.762. The zero-order chi connectivity index (χ0) is 21.0. The molecule has 2 atom stereocenters. The van der Waals surface area contributed by atoms with Crippen LogP contribution in [-0.2, 0) is 11.3 Å². The number of carbonyl (C=O) groups excluding carboxylic acids is 1. The van der Waals surface area contributed by atoms with E-state index in [9.17, 15) is 9.18 Å². The number of nitrogens with zero attached hydrogens (tertiary/aromatic N) is 4. The molecule has 1 aromatic rings. The van der Waals surface area contributed by atoms with E-state index in [0.717, 1.165) is 38.3 Å². The highest BCUT2D eigenvalue weighted by Crippen LogP contribution is 2.20. The van der Waals surface area contributed by atoms with Crippen molar-refractivity contribution in [2.24, 2.45) is 0 Å². The van der Waals surface area contributed by atoms with Crippen LogP contribution in [0.3, 0.4) is 0 Å². The molecule has 2 saturated heterocycles. The van der Waals surface area contributed by atoms with Gasteiger partial charge in [-0.25, -0.2) is 4.39 Å². The van der Waals surface area contributed by atoms with Gasteiger partial charge in [-0.3, -0.25) is 14.6 Å². The van der Waals surface area contributed by atoms with Gasteiger partial charge in [0.2, 0.25) is 5.91 Å². The minimum absolute atomic E-state index is 0.0760. The monoisotopic (exact) mass is 406 g/mol. The highest BCUT2D eigenvalue weighted by atomic mass is 19.1. The molecule has 0 aliphatic carbocycles. The topological polar surface area (TPSA) is 39.3 Å². The molecule has 6 nitrogen and oxygen atoms in total. The van der Waals surface area contributed by atoms with Crippen LogP contribution in [-0.4, -0.2) is 98.1 Å². The lowest BCUT2D eigenvalue weighted by molar-refractivity contribution is -0.136. The summed E-state index contributed by atoms with van der Waals surface area (Å²) in [5.74, 6) is -0.103. The normalized spacial score (nSPS) is 23.0. The molecule has 0 spiro atoms. The fourth-order valence-electron chi connectivity index (χ4n) is 4.56. The van der Waals surface area contributed by atoms with Gasteiger partial charge in [0.05, 0.1) is 13.2 Å². The quantitative estimate of drug-likeness (QED) is 0.722. The number of likely N-dealkylation sites (tertiary alicyclic amines) is 1. The van der Waals surface area contributed by atoms with Gasteiger partial charge in [-0.2, -0.15) is 0 Å². The van der Waals surface area contributed by atoms with Crippen LogP contribution in [0.5, 0.6) is 5.75 Å². The molecule has 3 rings (SSSR count). The molecule has 2 aliphatic heterocycles. The van der Waals surface area contributed by atoms with Crippen molar-refractivity contribution in [3.63, 3.8) is 0 Å². The molecule has 2 heterocycles. The van der Waals surface area contributed by atoms with E-state index in [0.29, 0.717) is 12.6 Å². The molecule has 0 saturated carbocycles. The molecule has 0 radical (unpaired) electrons. The fourth-order valence-corrected chi connectivity index (χ4v) is 4.56. The van der Waals surface area contributed by atoms with Crippen molar-refractivity contribution >= 4 is 5.91 Å². The molecule has 162 valence electrons. The van der Waals surface area contributed by atoms with E-state index >= 15 is 0 Å². The highest BCUT2D eigenvalue weighted by Gasteiger charge is 2.31. The summed E-state index contributed by atoms with van der Waals surface area (Å²) < 4.78 is 18.9. The Kier molecular flexibility index (Phi) is 7.49. The van der Waals surface area contributed by atoms with E-state index in [1.807, 2.05) is 6.92 Å². The Morgan fingerprint density at radius 3 is 2.62 bits per heavy atom. The number of piperazine rings is 1. The Bertz CT molecular complexity index is 693. The third-order valence-corrected chi connectivity index (χ3v) is 6.38. The smallest absolute Gasteiger partial charge is 0.239 e. The molecule has 1 aromatic carbocycles. The summed E-state index contributed by atoms with van der Waals surface area (Å²) in [6, 6.07) is 5.33. The number of hydrogen-bond donors (Lipinski definition) is 0. The maximum atomic E-state index is 13.9. The second kappa shape index (κ2) is 9.87. The van der Waals surface area contributed by atoms with Crippen LogP contribution in [0.4, 0.5) is 4.39 Å².